The van der Waals surface area contributed by atoms with Crippen molar-refractivity contribution in [2.75, 3.05) is 6.54 Å². The highest BCUT2D eigenvalue weighted by Gasteiger charge is 2.39. The van der Waals surface area contributed by atoms with Gasteiger partial charge in [0.2, 0.25) is 0 Å². The number of hydrogen-bond donors (Lipinski definition) is 1. The van der Waals surface area contributed by atoms with Gasteiger partial charge < -0.3 is 5.11 Å². The van der Waals surface area contributed by atoms with Crippen LogP contribution in [0.3, 0.4) is 0 Å². The number of carboxylic acids is 1. The zero-order valence-electron chi connectivity index (χ0n) is 11.1. The van der Waals surface area contributed by atoms with E-state index in [9.17, 15) is 4.79 Å². The number of carboxylic acid groups (broad SMARTS) is 1. The molecule has 1 aliphatic heterocycles. The first kappa shape index (κ1) is 12.9. The lowest BCUT2D eigenvalue weighted by Crippen LogP contribution is -2.53. The van der Waals surface area contributed by atoms with Crippen LogP contribution in [0.2, 0.25) is 0 Å². The smallest absolute Gasteiger partial charge is 0.304 e. The van der Waals surface area contributed by atoms with Crippen molar-refractivity contribution < 1.29 is 9.90 Å². The van der Waals surface area contributed by atoms with Crippen molar-refractivity contribution in [2.45, 2.75) is 64.5 Å². The van der Waals surface area contributed by atoms with Crippen LogP contribution in [0.1, 0.15) is 52.4 Å². The molecule has 1 saturated carbocycles. The molecule has 1 atom stereocenters. The molecule has 98 valence electrons. The van der Waals surface area contributed by atoms with E-state index in [-0.39, 0.29) is 0 Å². The van der Waals surface area contributed by atoms with Gasteiger partial charge in [0.15, 0.2) is 0 Å². The summed E-state index contributed by atoms with van der Waals surface area (Å²) in [5, 5.41) is 8.97. The Morgan fingerprint density at radius 1 is 1.35 bits per heavy atom. The van der Waals surface area contributed by atoms with E-state index in [2.05, 4.69) is 18.7 Å². The molecule has 0 spiro atoms. The van der Waals surface area contributed by atoms with E-state index in [1.807, 2.05) is 0 Å². The Labute approximate surface area is 104 Å². The van der Waals surface area contributed by atoms with Crippen molar-refractivity contribution in [1.82, 2.24) is 4.90 Å². The van der Waals surface area contributed by atoms with Crippen LogP contribution in [0.15, 0.2) is 0 Å². The van der Waals surface area contributed by atoms with Crippen LogP contribution in [0.25, 0.3) is 0 Å². The molecule has 0 amide bonds. The summed E-state index contributed by atoms with van der Waals surface area (Å²) in [6.45, 7) is 5.71. The number of rotatable bonds is 4. The SMILES string of the molecule is CC(C)C1CC(N2CCCCC2CC(=O)O)C1. The van der Waals surface area contributed by atoms with Crippen LogP contribution in [-0.4, -0.2) is 34.6 Å². The first-order valence-corrected chi connectivity index (χ1v) is 7.05. The Hall–Kier alpha value is -0.570. The molecule has 1 aliphatic carbocycles. The van der Waals surface area contributed by atoms with Gasteiger partial charge in [0.05, 0.1) is 6.42 Å². The van der Waals surface area contributed by atoms with Crippen LogP contribution >= 0.6 is 0 Å². The maximum atomic E-state index is 10.9. The molecule has 0 aromatic heterocycles. The van der Waals surface area contributed by atoms with E-state index >= 15 is 0 Å². The minimum absolute atomic E-state index is 0.305. The summed E-state index contributed by atoms with van der Waals surface area (Å²) >= 11 is 0. The van der Waals surface area contributed by atoms with Gasteiger partial charge in [-0.3, -0.25) is 9.69 Å². The molecule has 1 N–H and O–H groups in total. The Kier molecular flexibility index (Phi) is 4.08. The molecular weight excluding hydrogens is 214 g/mol. The van der Waals surface area contributed by atoms with Crippen LogP contribution in [0.4, 0.5) is 0 Å². The number of nitrogens with zero attached hydrogens (tertiary/aromatic N) is 1. The fourth-order valence-electron chi connectivity index (χ4n) is 3.37. The summed E-state index contributed by atoms with van der Waals surface area (Å²) in [4.78, 5) is 13.4. The van der Waals surface area contributed by atoms with Gasteiger partial charge in [-0.05, 0) is 44.1 Å². The maximum absolute atomic E-state index is 10.9. The maximum Gasteiger partial charge on any atom is 0.304 e. The molecule has 3 nitrogen and oxygen atoms in total. The summed E-state index contributed by atoms with van der Waals surface area (Å²) in [6.07, 6.45) is 6.44. The molecule has 2 aliphatic rings. The predicted octanol–water partition coefficient (Wildman–Crippen LogP) is 2.75. The molecule has 3 heteroatoms. The number of carbonyl (C=O) groups is 1. The van der Waals surface area contributed by atoms with E-state index in [0.29, 0.717) is 18.5 Å². The van der Waals surface area contributed by atoms with E-state index in [4.69, 9.17) is 5.11 Å². The molecular formula is C14H25NO2. The molecule has 1 heterocycles. The van der Waals surface area contributed by atoms with Gasteiger partial charge in [0, 0.05) is 12.1 Å². The highest BCUT2D eigenvalue weighted by Crippen LogP contribution is 2.39. The Bertz CT molecular complexity index is 271. The van der Waals surface area contributed by atoms with Crippen LogP contribution in [-0.2, 0) is 4.79 Å². The van der Waals surface area contributed by atoms with Gasteiger partial charge in [0.25, 0.3) is 0 Å². The second kappa shape index (κ2) is 5.38. The first-order valence-electron chi connectivity index (χ1n) is 7.05. The van der Waals surface area contributed by atoms with Crippen molar-refractivity contribution in [3.63, 3.8) is 0 Å². The molecule has 2 fully saturated rings. The summed E-state index contributed by atoms with van der Waals surface area (Å²) in [7, 11) is 0. The minimum Gasteiger partial charge on any atom is -0.481 e. The summed E-state index contributed by atoms with van der Waals surface area (Å²) in [5.41, 5.74) is 0. The average molecular weight is 239 g/mol. The number of piperidine rings is 1. The summed E-state index contributed by atoms with van der Waals surface area (Å²) in [6, 6.07) is 0.978. The Morgan fingerprint density at radius 3 is 2.65 bits per heavy atom. The van der Waals surface area contributed by atoms with E-state index in [0.717, 1.165) is 24.8 Å². The Morgan fingerprint density at radius 2 is 2.06 bits per heavy atom. The van der Waals surface area contributed by atoms with Gasteiger partial charge in [-0.15, -0.1) is 0 Å². The highest BCUT2D eigenvalue weighted by molar-refractivity contribution is 5.67. The molecule has 1 saturated heterocycles. The van der Waals surface area contributed by atoms with Crippen molar-refractivity contribution in [3.05, 3.63) is 0 Å². The lowest BCUT2D eigenvalue weighted by molar-refractivity contribution is -0.139. The first-order chi connectivity index (χ1) is 8.08. The number of hydrogen-bond acceptors (Lipinski definition) is 2. The van der Waals surface area contributed by atoms with Gasteiger partial charge in [-0.1, -0.05) is 20.3 Å². The number of aliphatic carboxylic acids is 1. The van der Waals surface area contributed by atoms with Gasteiger partial charge >= 0.3 is 5.97 Å². The lowest BCUT2D eigenvalue weighted by Gasteiger charge is -2.49. The second-order valence-electron chi connectivity index (χ2n) is 6.11. The van der Waals surface area contributed by atoms with Gasteiger partial charge in [-0.2, -0.15) is 0 Å². The van der Waals surface area contributed by atoms with E-state index in [1.165, 1.54) is 25.7 Å². The average Bonchev–Trinajstić information content (AvgIpc) is 2.16. The third kappa shape index (κ3) is 3.01. The van der Waals surface area contributed by atoms with Crippen molar-refractivity contribution in [1.29, 1.82) is 0 Å². The molecule has 1 unspecified atom stereocenters. The fourth-order valence-corrected chi connectivity index (χ4v) is 3.37. The Balaban J connectivity index is 1.87. The summed E-state index contributed by atoms with van der Waals surface area (Å²) in [5.74, 6) is 1.02. The van der Waals surface area contributed by atoms with Crippen molar-refractivity contribution in [3.8, 4) is 0 Å². The zero-order valence-corrected chi connectivity index (χ0v) is 11.1. The summed E-state index contributed by atoms with van der Waals surface area (Å²) < 4.78 is 0. The highest BCUT2D eigenvalue weighted by atomic mass is 16.4. The standard InChI is InChI=1S/C14H25NO2/c1-10(2)11-7-13(8-11)15-6-4-3-5-12(15)9-14(16)17/h10-13H,3-9H2,1-2H3,(H,16,17). The second-order valence-corrected chi connectivity index (χ2v) is 6.11. The van der Waals surface area contributed by atoms with Gasteiger partial charge in [0.1, 0.15) is 0 Å². The molecule has 0 radical (unpaired) electrons. The molecule has 0 aromatic rings. The van der Waals surface area contributed by atoms with Crippen LogP contribution < -0.4 is 0 Å². The van der Waals surface area contributed by atoms with E-state index < -0.39 is 5.97 Å². The molecule has 17 heavy (non-hydrogen) atoms. The van der Waals surface area contributed by atoms with Gasteiger partial charge in [-0.25, -0.2) is 0 Å². The van der Waals surface area contributed by atoms with Crippen LogP contribution in [0.5, 0.6) is 0 Å². The third-order valence-corrected chi connectivity index (χ3v) is 4.64. The monoisotopic (exact) mass is 239 g/mol. The molecule has 0 aromatic carbocycles. The lowest BCUT2D eigenvalue weighted by atomic mass is 9.72. The molecule has 2 rings (SSSR count). The minimum atomic E-state index is -0.637. The fraction of sp³-hybridized carbons (Fsp3) is 0.929. The molecule has 0 bridgehead atoms. The number of likely N-dealkylation sites (tertiary alicyclic amines) is 1. The predicted molar refractivity (Wildman–Crippen MR) is 67.9 cm³/mol. The van der Waals surface area contributed by atoms with Crippen molar-refractivity contribution in [2.24, 2.45) is 11.8 Å². The normalized spacial score (nSPS) is 34.6. The topological polar surface area (TPSA) is 40.5 Å². The zero-order chi connectivity index (χ0) is 12.4. The van der Waals surface area contributed by atoms with Crippen LogP contribution in [0, 0.1) is 11.8 Å². The van der Waals surface area contributed by atoms with E-state index in [1.54, 1.807) is 0 Å². The third-order valence-electron chi connectivity index (χ3n) is 4.64. The van der Waals surface area contributed by atoms with Crippen molar-refractivity contribution >= 4 is 5.97 Å². The largest absolute Gasteiger partial charge is 0.481 e. The quantitative estimate of drug-likeness (QED) is 0.820.